The number of rotatable bonds is 3. The molecule has 1 aromatic carbocycles. The maximum absolute atomic E-state index is 12.2. The predicted molar refractivity (Wildman–Crippen MR) is 71.4 cm³/mol. The Morgan fingerprint density at radius 2 is 2.00 bits per heavy atom. The van der Waals surface area contributed by atoms with E-state index in [-0.39, 0.29) is 13.0 Å². The Hall–Kier alpha value is -1.60. The molecule has 2 rings (SSSR count). The molecule has 104 valence electrons. The minimum atomic E-state index is -3.59. The van der Waals surface area contributed by atoms with Gasteiger partial charge in [0.1, 0.15) is 0 Å². The van der Waals surface area contributed by atoms with Crippen molar-refractivity contribution in [3.05, 3.63) is 29.8 Å². The number of benzene rings is 1. The highest BCUT2D eigenvalue weighted by Crippen LogP contribution is 2.37. The summed E-state index contributed by atoms with van der Waals surface area (Å²) in [4.78, 5) is 11.2. The second-order valence-corrected chi connectivity index (χ2v) is 6.67. The van der Waals surface area contributed by atoms with Crippen LogP contribution in [0.15, 0.2) is 24.3 Å². The molecule has 1 atom stereocenters. The van der Waals surface area contributed by atoms with E-state index in [4.69, 9.17) is 0 Å². The van der Waals surface area contributed by atoms with E-state index in [9.17, 15) is 18.3 Å². The second-order valence-electron chi connectivity index (χ2n) is 4.60. The van der Waals surface area contributed by atoms with Gasteiger partial charge in [-0.25, -0.2) is 0 Å². The molecule has 0 saturated carbocycles. The normalized spacial score (nSPS) is 19.3. The Morgan fingerprint density at radius 1 is 1.37 bits per heavy atom. The maximum Gasteiger partial charge on any atom is 0.311 e. The Balaban J connectivity index is 2.53. The lowest BCUT2D eigenvalue weighted by Crippen LogP contribution is -2.44. The quantitative estimate of drug-likeness (QED) is 0.893. The molecular formula is C12H16N2O4S. The third-order valence-corrected chi connectivity index (χ3v) is 5.10. The molecule has 1 aliphatic heterocycles. The summed E-state index contributed by atoms with van der Waals surface area (Å²) in [5.74, 6) is -1.57. The first-order valence-corrected chi connectivity index (χ1v) is 7.27. The van der Waals surface area contributed by atoms with E-state index in [2.05, 4.69) is 0 Å². The monoisotopic (exact) mass is 284 g/mol. The van der Waals surface area contributed by atoms with E-state index in [1.54, 1.807) is 24.3 Å². The highest BCUT2D eigenvalue weighted by atomic mass is 32.2. The Kier molecular flexibility index (Phi) is 3.51. The third kappa shape index (κ3) is 2.31. The number of hydrogen-bond donors (Lipinski definition) is 1. The van der Waals surface area contributed by atoms with Crippen molar-refractivity contribution in [1.82, 2.24) is 4.31 Å². The van der Waals surface area contributed by atoms with Crippen molar-refractivity contribution < 1.29 is 18.3 Å². The van der Waals surface area contributed by atoms with Gasteiger partial charge in [-0.05, 0) is 18.1 Å². The van der Waals surface area contributed by atoms with Crippen molar-refractivity contribution in [2.24, 2.45) is 0 Å². The number of hydrogen-bond acceptors (Lipinski definition) is 3. The molecule has 0 amide bonds. The van der Waals surface area contributed by atoms with Crippen LogP contribution >= 0.6 is 0 Å². The van der Waals surface area contributed by atoms with Gasteiger partial charge >= 0.3 is 16.2 Å². The fourth-order valence-electron chi connectivity index (χ4n) is 2.22. The number of carbonyl (C=O) groups is 1. The number of nitrogens with zero attached hydrogens (tertiary/aromatic N) is 2. The zero-order valence-electron chi connectivity index (χ0n) is 10.8. The Morgan fingerprint density at radius 3 is 2.58 bits per heavy atom. The first-order chi connectivity index (χ1) is 8.85. The molecule has 0 spiro atoms. The predicted octanol–water partition coefficient (Wildman–Crippen LogP) is 0.871. The lowest BCUT2D eigenvalue weighted by Gasteiger charge is -2.34. The molecular weight excluding hydrogens is 268 g/mol. The van der Waals surface area contributed by atoms with Crippen LogP contribution in [0, 0.1) is 0 Å². The Bertz CT molecular complexity index is 598. The van der Waals surface area contributed by atoms with Crippen molar-refractivity contribution in [1.29, 1.82) is 0 Å². The molecule has 1 aliphatic rings. The number of carboxylic acids is 1. The summed E-state index contributed by atoms with van der Waals surface area (Å²) < 4.78 is 26.9. The second kappa shape index (κ2) is 4.82. The van der Waals surface area contributed by atoms with Crippen molar-refractivity contribution >= 4 is 21.9 Å². The SMILES string of the molecule is CN(C)S(=O)(=O)N1CCC(C(=O)O)c2ccccc21. The summed E-state index contributed by atoms with van der Waals surface area (Å²) in [6.45, 7) is 0.175. The lowest BCUT2D eigenvalue weighted by molar-refractivity contribution is -0.139. The van der Waals surface area contributed by atoms with Crippen LogP contribution in [0.1, 0.15) is 17.9 Å². The first kappa shape index (κ1) is 13.8. The molecule has 0 fully saturated rings. The van der Waals surface area contributed by atoms with Gasteiger partial charge in [0.2, 0.25) is 0 Å². The molecule has 6 nitrogen and oxygen atoms in total. The van der Waals surface area contributed by atoms with Crippen LogP contribution in [-0.4, -0.2) is 44.4 Å². The zero-order chi connectivity index (χ0) is 14.2. The average molecular weight is 284 g/mol. The summed E-state index contributed by atoms with van der Waals surface area (Å²) in [5, 5.41) is 9.20. The molecule has 0 aromatic heterocycles. The van der Waals surface area contributed by atoms with Crippen molar-refractivity contribution in [3.63, 3.8) is 0 Å². The van der Waals surface area contributed by atoms with Gasteiger partial charge in [0, 0.05) is 20.6 Å². The number of para-hydroxylation sites is 1. The van der Waals surface area contributed by atoms with E-state index in [1.165, 1.54) is 18.4 Å². The Labute approximate surface area is 112 Å². The standard InChI is InChI=1S/C12H16N2O4S/c1-13(2)19(17,18)14-8-7-10(12(15)16)9-5-3-4-6-11(9)14/h3-6,10H,7-8H2,1-2H3,(H,15,16). The van der Waals surface area contributed by atoms with Crippen LogP contribution in [0.25, 0.3) is 0 Å². The molecule has 1 heterocycles. The van der Waals surface area contributed by atoms with Crippen LogP contribution in [0.4, 0.5) is 5.69 Å². The molecule has 0 radical (unpaired) electrons. The summed E-state index contributed by atoms with van der Waals surface area (Å²) in [7, 11) is -0.670. The fraction of sp³-hybridized carbons (Fsp3) is 0.417. The number of carboxylic acid groups (broad SMARTS) is 1. The van der Waals surface area contributed by atoms with Crippen LogP contribution in [0.2, 0.25) is 0 Å². The van der Waals surface area contributed by atoms with Gasteiger partial charge in [0.25, 0.3) is 0 Å². The van der Waals surface area contributed by atoms with Gasteiger partial charge < -0.3 is 5.11 Å². The zero-order valence-corrected chi connectivity index (χ0v) is 11.6. The molecule has 1 N–H and O–H groups in total. The molecule has 0 aliphatic carbocycles. The van der Waals surface area contributed by atoms with E-state index in [0.29, 0.717) is 11.3 Å². The van der Waals surface area contributed by atoms with Gasteiger partial charge in [-0.1, -0.05) is 18.2 Å². The van der Waals surface area contributed by atoms with Crippen LogP contribution in [0.3, 0.4) is 0 Å². The molecule has 1 unspecified atom stereocenters. The smallest absolute Gasteiger partial charge is 0.311 e. The highest BCUT2D eigenvalue weighted by molar-refractivity contribution is 7.90. The van der Waals surface area contributed by atoms with Crippen molar-refractivity contribution in [3.8, 4) is 0 Å². The number of aliphatic carboxylic acids is 1. The number of fused-ring (bicyclic) bond motifs is 1. The number of anilines is 1. The van der Waals surface area contributed by atoms with E-state index in [0.717, 1.165) is 4.31 Å². The van der Waals surface area contributed by atoms with E-state index >= 15 is 0 Å². The lowest BCUT2D eigenvalue weighted by atomic mass is 9.91. The summed E-state index contributed by atoms with van der Waals surface area (Å²) in [6, 6.07) is 6.75. The molecule has 7 heteroatoms. The van der Waals surface area contributed by atoms with Crippen LogP contribution < -0.4 is 4.31 Å². The summed E-state index contributed by atoms with van der Waals surface area (Å²) >= 11 is 0. The van der Waals surface area contributed by atoms with Crippen molar-refractivity contribution in [2.45, 2.75) is 12.3 Å². The molecule has 1 aromatic rings. The van der Waals surface area contributed by atoms with Gasteiger partial charge in [-0.15, -0.1) is 0 Å². The van der Waals surface area contributed by atoms with Crippen LogP contribution in [0.5, 0.6) is 0 Å². The molecule has 0 saturated heterocycles. The minimum Gasteiger partial charge on any atom is -0.481 e. The minimum absolute atomic E-state index is 0.175. The fourth-order valence-corrected chi connectivity index (χ4v) is 3.37. The van der Waals surface area contributed by atoms with E-state index < -0.39 is 22.1 Å². The summed E-state index contributed by atoms with van der Waals surface area (Å²) in [6.07, 6.45) is 0.277. The van der Waals surface area contributed by atoms with Crippen LogP contribution in [-0.2, 0) is 15.0 Å². The van der Waals surface area contributed by atoms with Gasteiger partial charge in [-0.3, -0.25) is 9.10 Å². The largest absolute Gasteiger partial charge is 0.481 e. The molecule has 0 bridgehead atoms. The highest BCUT2D eigenvalue weighted by Gasteiger charge is 2.35. The molecule has 19 heavy (non-hydrogen) atoms. The topological polar surface area (TPSA) is 77.9 Å². The third-order valence-electron chi connectivity index (χ3n) is 3.24. The van der Waals surface area contributed by atoms with Crippen molar-refractivity contribution in [2.75, 3.05) is 24.9 Å². The van der Waals surface area contributed by atoms with Gasteiger partial charge in [0.15, 0.2) is 0 Å². The first-order valence-electron chi connectivity index (χ1n) is 5.87. The average Bonchev–Trinajstić information content (AvgIpc) is 2.36. The van der Waals surface area contributed by atoms with Gasteiger partial charge in [-0.2, -0.15) is 12.7 Å². The maximum atomic E-state index is 12.2. The van der Waals surface area contributed by atoms with E-state index in [1.807, 2.05) is 0 Å². The van der Waals surface area contributed by atoms with Gasteiger partial charge in [0.05, 0.1) is 11.6 Å². The summed E-state index contributed by atoms with van der Waals surface area (Å²) in [5.41, 5.74) is 1.00.